The van der Waals surface area contributed by atoms with E-state index < -0.39 is 15.8 Å². The Labute approximate surface area is 134 Å². The topological polar surface area (TPSA) is 75.2 Å². The molecule has 1 aliphatic rings. The fraction of sp³-hybridized carbons (Fsp3) is 0.333. The second kappa shape index (κ2) is 6.49. The van der Waals surface area contributed by atoms with Crippen molar-refractivity contribution in [2.45, 2.75) is 24.2 Å². The summed E-state index contributed by atoms with van der Waals surface area (Å²) in [6, 6.07) is 4.36. The standard InChI is InChI=1S/C15H17FN4O2S/c16-12-8-14(11-17-9-12)23(21,22)19-13-4-5-15(18-10-13)20-6-2-1-3-7-20/h4-5,8-11,19H,1-3,6-7H2. The van der Waals surface area contributed by atoms with Crippen LogP contribution in [0.5, 0.6) is 0 Å². The van der Waals surface area contributed by atoms with Crippen molar-refractivity contribution in [3.63, 3.8) is 0 Å². The van der Waals surface area contributed by atoms with E-state index >= 15 is 0 Å². The van der Waals surface area contributed by atoms with Gasteiger partial charge in [0.05, 0.1) is 18.1 Å². The molecule has 0 amide bonds. The number of hydrogen-bond acceptors (Lipinski definition) is 5. The van der Waals surface area contributed by atoms with Crippen LogP contribution in [0.15, 0.2) is 41.7 Å². The Morgan fingerprint density at radius 3 is 2.52 bits per heavy atom. The van der Waals surface area contributed by atoms with Crippen molar-refractivity contribution >= 4 is 21.5 Å². The summed E-state index contributed by atoms with van der Waals surface area (Å²) in [6.07, 6.45) is 7.03. The lowest BCUT2D eigenvalue weighted by Gasteiger charge is -2.27. The van der Waals surface area contributed by atoms with E-state index in [1.54, 1.807) is 12.1 Å². The summed E-state index contributed by atoms with van der Waals surface area (Å²) in [5.74, 6) is 0.131. The maximum Gasteiger partial charge on any atom is 0.263 e. The Kier molecular flexibility index (Phi) is 4.42. The number of piperidine rings is 1. The average molecular weight is 336 g/mol. The third-order valence-electron chi connectivity index (χ3n) is 3.67. The number of anilines is 2. The van der Waals surface area contributed by atoms with Crippen LogP contribution in [0.4, 0.5) is 15.9 Å². The van der Waals surface area contributed by atoms with Crippen LogP contribution >= 0.6 is 0 Å². The van der Waals surface area contributed by atoms with Crippen LogP contribution in [-0.2, 0) is 10.0 Å². The van der Waals surface area contributed by atoms with E-state index in [1.165, 1.54) is 12.6 Å². The number of hydrogen-bond donors (Lipinski definition) is 1. The third-order valence-corrected chi connectivity index (χ3v) is 5.02. The third kappa shape index (κ3) is 3.76. The molecule has 0 radical (unpaired) electrons. The molecule has 122 valence electrons. The second-order valence-electron chi connectivity index (χ2n) is 5.40. The Hall–Kier alpha value is -2.22. The number of sulfonamides is 1. The van der Waals surface area contributed by atoms with Crippen LogP contribution in [0.2, 0.25) is 0 Å². The number of pyridine rings is 2. The predicted molar refractivity (Wildman–Crippen MR) is 85.3 cm³/mol. The molecule has 3 heterocycles. The SMILES string of the molecule is O=S(=O)(Nc1ccc(N2CCCCC2)nc1)c1cncc(F)c1. The van der Waals surface area contributed by atoms with Crippen molar-refractivity contribution < 1.29 is 12.8 Å². The molecular weight excluding hydrogens is 319 g/mol. The van der Waals surface area contributed by atoms with E-state index in [2.05, 4.69) is 19.6 Å². The molecule has 1 saturated heterocycles. The lowest BCUT2D eigenvalue weighted by molar-refractivity contribution is 0.573. The highest BCUT2D eigenvalue weighted by Gasteiger charge is 2.16. The van der Waals surface area contributed by atoms with Crippen molar-refractivity contribution in [3.05, 3.63) is 42.6 Å². The first-order valence-electron chi connectivity index (χ1n) is 7.39. The highest BCUT2D eigenvalue weighted by molar-refractivity contribution is 7.92. The van der Waals surface area contributed by atoms with Crippen LogP contribution in [0.1, 0.15) is 19.3 Å². The van der Waals surface area contributed by atoms with Crippen LogP contribution in [0.25, 0.3) is 0 Å². The summed E-state index contributed by atoms with van der Waals surface area (Å²) < 4.78 is 39.9. The van der Waals surface area contributed by atoms with E-state index in [4.69, 9.17) is 0 Å². The Morgan fingerprint density at radius 2 is 1.87 bits per heavy atom. The van der Waals surface area contributed by atoms with Gasteiger partial charge in [0.2, 0.25) is 0 Å². The van der Waals surface area contributed by atoms with Crippen LogP contribution in [0.3, 0.4) is 0 Å². The second-order valence-corrected chi connectivity index (χ2v) is 7.08. The van der Waals surface area contributed by atoms with Gasteiger partial charge in [-0.3, -0.25) is 9.71 Å². The number of rotatable bonds is 4. The highest BCUT2D eigenvalue weighted by Crippen LogP contribution is 2.20. The minimum absolute atomic E-state index is 0.224. The molecule has 0 atom stereocenters. The van der Waals surface area contributed by atoms with E-state index in [0.717, 1.165) is 50.2 Å². The van der Waals surface area contributed by atoms with Gasteiger partial charge >= 0.3 is 0 Å². The van der Waals surface area contributed by atoms with Crippen LogP contribution in [-0.4, -0.2) is 31.5 Å². The zero-order valence-corrected chi connectivity index (χ0v) is 13.3. The zero-order chi connectivity index (χ0) is 16.3. The summed E-state index contributed by atoms with van der Waals surface area (Å²) in [7, 11) is -3.88. The van der Waals surface area contributed by atoms with Crippen LogP contribution in [0, 0.1) is 5.82 Å². The first-order chi connectivity index (χ1) is 11.0. The fourth-order valence-electron chi connectivity index (χ4n) is 2.51. The molecule has 1 aliphatic heterocycles. The molecule has 0 aromatic carbocycles. The van der Waals surface area contributed by atoms with Gasteiger partial charge in [0, 0.05) is 19.3 Å². The Morgan fingerprint density at radius 1 is 1.09 bits per heavy atom. The predicted octanol–water partition coefficient (Wildman–Crippen LogP) is 2.41. The molecule has 0 aliphatic carbocycles. The number of nitrogens with zero attached hydrogens (tertiary/aromatic N) is 3. The van der Waals surface area contributed by atoms with Crippen molar-refractivity contribution in [2.75, 3.05) is 22.7 Å². The summed E-state index contributed by atoms with van der Waals surface area (Å²) in [5.41, 5.74) is 0.329. The van der Waals surface area contributed by atoms with Gasteiger partial charge < -0.3 is 4.90 Å². The fourth-order valence-corrected chi connectivity index (χ4v) is 3.53. The van der Waals surface area contributed by atoms with Crippen molar-refractivity contribution in [2.24, 2.45) is 0 Å². The van der Waals surface area contributed by atoms with Crippen molar-refractivity contribution in [3.8, 4) is 0 Å². The quantitative estimate of drug-likeness (QED) is 0.928. The van der Waals surface area contributed by atoms with Crippen molar-refractivity contribution in [1.29, 1.82) is 0 Å². The maximum atomic E-state index is 13.1. The monoisotopic (exact) mass is 336 g/mol. The average Bonchev–Trinajstić information content (AvgIpc) is 2.56. The van der Waals surface area contributed by atoms with Gasteiger partial charge in [-0.25, -0.2) is 17.8 Å². The van der Waals surface area contributed by atoms with Gasteiger partial charge in [-0.05, 0) is 37.5 Å². The van der Waals surface area contributed by atoms with E-state index in [1.807, 2.05) is 0 Å². The zero-order valence-electron chi connectivity index (χ0n) is 12.4. The molecule has 0 spiro atoms. The lowest BCUT2D eigenvalue weighted by Crippen LogP contribution is -2.30. The highest BCUT2D eigenvalue weighted by atomic mass is 32.2. The molecule has 0 bridgehead atoms. The summed E-state index contributed by atoms with van der Waals surface area (Å²) in [4.78, 5) is 9.81. The molecular formula is C15H17FN4O2S. The normalized spacial score (nSPS) is 15.4. The van der Waals surface area contributed by atoms with E-state index in [0.29, 0.717) is 5.69 Å². The van der Waals surface area contributed by atoms with Gasteiger partial charge in [-0.2, -0.15) is 0 Å². The molecule has 6 nitrogen and oxygen atoms in total. The minimum Gasteiger partial charge on any atom is -0.357 e. The first kappa shape index (κ1) is 15.7. The largest absolute Gasteiger partial charge is 0.357 e. The molecule has 23 heavy (non-hydrogen) atoms. The molecule has 8 heteroatoms. The maximum absolute atomic E-state index is 13.1. The Bertz CT molecular complexity index is 774. The summed E-state index contributed by atoms with van der Waals surface area (Å²) >= 11 is 0. The van der Waals surface area contributed by atoms with Gasteiger partial charge in [0.25, 0.3) is 10.0 Å². The minimum atomic E-state index is -3.88. The molecule has 2 aromatic rings. The van der Waals surface area contributed by atoms with Gasteiger partial charge in [0.15, 0.2) is 0 Å². The van der Waals surface area contributed by atoms with Gasteiger partial charge in [-0.1, -0.05) is 0 Å². The van der Waals surface area contributed by atoms with E-state index in [-0.39, 0.29) is 4.90 Å². The summed E-state index contributed by atoms with van der Waals surface area (Å²) in [5, 5.41) is 0. The molecule has 3 rings (SSSR count). The molecule has 1 N–H and O–H groups in total. The van der Waals surface area contributed by atoms with Crippen molar-refractivity contribution in [1.82, 2.24) is 9.97 Å². The molecule has 0 saturated carbocycles. The smallest absolute Gasteiger partial charge is 0.263 e. The van der Waals surface area contributed by atoms with Gasteiger partial charge in [-0.15, -0.1) is 0 Å². The van der Waals surface area contributed by atoms with Crippen LogP contribution < -0.4 is 9.62 Å². The number of halogens is 1. The molecule has 1 fully saturated rings. The molecule has 0 unspecified atom stereocenters. The van der Waals surface area contributed by atoms with Gasteiger partial charge in [0.1, 0.15) is 16.5 Å². The Balaban J connectivity index is 1.75. The summed E-state index contributed by atoms with van der Waals surface area (Å²) in [6.45, 7) is 1.93. The number of nitrogens with one attached hydrogen (secondary N) is 1. The lowest BCUT2D eigenvalue weighted by atomic mass is 10.1. The first-order valence-corrected chi connectivity index (χ1v) is 8.87. The van der Waals surface area contributed by atoms with E-state index in [9.17, 15) is 12.8 Å². The number of aromatic nitrogens is 2. The molecule has 2 aromatic heterocycles.